The lowest BCUT2D eigenvalue weighted by Gasteiger charge is -2.35. The van der Waals surface area contributed by atoms with Crippen LogP contribution in [0.4, 0.5) is 4.79 Å². The number of phenols is 1. The van der Waals surface area contributed by atoms with Crippen molar-refractivity contribution in [2.75, 3.05) is 19.7 Å². The standard InChI is InChI=1S/C36H53N3O7/c1-7-9-10-11-12-13-24-39(32(28-18-14-26(3)15-19-28)33(42)37-23-22-31(41)45-8-2)34(43)30(38-35(44)46-36(4,5)6)25-27-16-20-29(40)21-17-27/h14-21,30,32,40H,7-13,22-25H2,1-6H3,(H,37,42)(H,38,44). The third kappa shape index (κ3) is 13.9. The molecule has 0 heterocycles. The minimum absolute atomic E-state index is 0.00471. The number of esters is 1. The second kappa shape index (κ2) is 19.4. The largest absolute Gasteiger partial charge is 0.508 e. The van der Waals surface area contributed by atoms with E-state index in [0.29, 0.717) is 17.5 Å². The molecule has 2 aromatic carbocycles. The van der Waals surface area contributed by atoms with Crippen molar-refractivity contribution in [1.82, 2.24) is 15.5 Å². The first-order valence-electron chi connectivity index (χ1n) is 16.4. The number of unbranched alkanes of at least 4 members (excludes halogenated alkanes) is 5. The first-order valence-corrected chi connectivity index (χ1v) is 16.4. The Morgan fingerprint density at radius 1 is 0.891 bits per heavy atom. The molecule has 3 amide bonds. The van der Waals surface area contributed by atoms with Gasteiger partial charge in [0.2, 0.25) is 11.8 Å². The summed E-state index contributed by atoms with van der Waals surface area (Å²) in [6, 6.07) is 11.7. The van der Waals surface area contributed by atoms with Crippen LogP contribution in [0.1, 0.15) is 102 Å². The van der Waals surface area contributed by atoms with Crippen molar-refractivity contribution in [3.8, 4) is 5.75 Å². The Labute approximate surface area is 274 Å². The molecule has 10 heteroatoms. The van der Waals surface area contributed by atoms with Gasteiger partial charge in [-0.2, -0.15) is 0 Å². The number of ether oxygens (including phenoxy) is 2. The number of hydrogen-bond acceptors (Lipinski definition) is 7. The molecule has 0 aromatic heterocycles. The number of carbonyl (C=O) groups excluding carboxylic acids is 4. The zero-order valence-electron chi connectivity index (χ0n) is 28.4. The quantitative estimate of drug-likeness (QED) is 0.132. The number of rotatable bonds is 18. The number of aromatic hydroxyl groups is 1. The van der Waals surface area contributed by atoms with Crippen LogP contribution in [-0.4, -0.2) is 65.2 Å². The Balaban J connectivity index is 2.50. The van der Waals surface area contributed by atoms with Crippen molar-refractivity contribution in [3.05, 3.63) is 65.2 Å². The number of nitrogens with zero attached hydrogens (tertiary/aromatic N) is 1. The monoisotopic (exact) mass is 639 g/mol. The number of amides is 3. The van der Waals surface area contributed by atoms with Gasteiger partial charge in [0.05, 0.1) is 13.0 Å². The second-order valence-corrected chi connectivity index (χ2v) is 12.5. The normalized spacial score (nSPS) is 12.5. The van der Waals surface area contributed by atoms with E-state index >= 15 is 0 Å². The van der Waals surface area contributed by atoms with E-state index in [4.69, 9.17) is 9.47 Å². The van der Waals surface area contributed by atoms with Gasteiger partial charge in [0.1, 0.15) is 23.4 Å². The zero-order chi connectivity index (χ0) is 34.1. The molecular weight excluding hydrogens is 586 g/mol. The summed E-state index contributed by atoms with van der Waals surface area (Å²) in [5, 5.41) is 15.4. The first-order chi connectivity index (χ1) is 21.8. The van der Waals surface area contributed by atoms with Gasteiger partial charge in [-0.05, 0) is 64.3 Å². The van der Waals surface area contributed by atoms with E-state index in [0.717, 1.165) is 37.7 Å². The Morgan fingerprint density at radius 3 is 2.13 bits per heavy atom. The highest BCUT2D eigenvalue weighted by Gasteiger charge is 2.36. The van der Waals surface area contributed by atoms with Crippen molar-refractivity contribution in [2.45, 2.75) is 111 Å². The lowest BCUT2D eigenvalue weighted by molar-refractivity contribution is -0.144. The van der Waals surface area contributed by atoms with Crippen LogP contribution in [0.25, 0.3) is 0 Å². The summed E-state index contributed by atoms with van der Waals surface area (Å²) in [5.74, 6) is -1.23. The molecule has 0 aliphatic carbocycles. The highest BCUT2D eigenvalue weighted by atomic mass is 16.6. The molecule has 10 nitrogen and oxygen atoms in total. The van der Waals surface area contributed by atoms with E-state index in [2.05, 4.69) is 17.6 Å². The maximum absolute atomic E-state index is 14.6. The van der Waals surface area contributed by atoms with Crippen molar-refractivity contribution in [3.63, 3.8) is 0 Å². The maximum atomic E-state index is 14.6. The van der Waals surface area contributed by atoms with Gasteiger partial charge < -0.3 is 30.1 Å². The lowest BCUT2D eigenvalue weighted by atomic mass is 9.98. The fourth-order valence-corrected chi connectivity index (χ4v) is 4.99. The van der Waals surface area contributed by atoms with E-state index in [1.165, 1.54) is 17.0 Å². The number of alkyl carbamates (subject to hydrolysis) is 1. The van der Waals surface area contributed by atoms with Crippen LogP contribution < -0.4 is 10.6 Å². The average molecular weight is 640 g/mol. The van der Waals surface area contributed by atoms with Gasteiger partial charge in [0, 0.05) is 19.5 Å². The summed E-state index contributed by atoms with van der Waals surface area (Å²) in [6.07, 6.45) is 5.21. The highest BCUT2D eigenvalue weighted by molar-refractivity contribution is 5.92. The van der Waals surface area contributed by atoms with Crippen LogP contribution in [-0.2, 0) is 30.3 Å². The Bertz CT molecular complexity index is 1240. The van der Waals surface area contributed by atoms with Gasteiger partial charge in [-0.25, -0.2) is 4.79 Å². The van der Waals surface area contributed by atoms with Crippen molar-refractivity contribution in [2.24, 2.45) is 0 Å². The number of carbonyl (C=O) groups is 4. The van der Waals surface area contributed by atoms with Gasteiger partial charge in [0.15, 0.2) is 0 Å². The molecule has 3 N–H and O–H groups in total. The molecule has 0 radical (unpaired) electrons. The summed E-state index contributed by atoms with van der Waals surface area (Å²) in [7, 11) is 0. The molecule has 2 rings (SSSR count). The van der Waals surface area contributed by atoms with Crippen LogP contribution in [0.15, 0.2) is 48.5 Å². The maximum Gasteiger partial charge on any atom is 0.408 e. The highest BCUT2D eigenvalue weighted by Crippen LogP contribution is 2.25. The SMILES string of the molecule is CCCCCCCCN(C(=O)C(Cc1ccc(O)cc1)NC(=O)OC(C)(C)C)C(C(=O)NCCC(=O)OCC)c1ccc(C)cc1. The summed E-state index contributed by atoms with van der Waals surface area (Å²) in [5.41, 5.74) is 1.52. The molecule has 0 saturated heterocycles. The average Bonchev–Trinajstić information content (AvgIpc) is 2.98. The third-order valence-electron chi connectivity index (χ3n) is 7.29. The first kappa shape index (κ1) is 38.1. The molecule has 0 aliphatic heterocycles. The molecule has 0 fully saturated rings. The number of hydrogen-bond donors (Lipinski definition) is 3. The van der Waals surface area contributed by atoms with Gasteiger partial charge in [-0.1, -0.05) is 81.0 Å². The van der Waals surface area contributed by atoms with E-state index in [9.17, 15) is 24.3 Å². The summed E-state index contributed by atoms with van der Waals surface area (Å²) < 4.78 is 10.5. The van der Waals surface area contributed by atoms with Gasteiger partial charge in [0.25, 0.3) is 0 Å². The Kier molecular flexibility index (Phi) is 16.1. The second-order valence-electron chi connectivity index (χ2n) is 12.5. The molecule has 46 heavy (non-hydrogen) atoms. The van der Waals surface area contributed by atoms with Gasteiger partial charge >= 0.3 is 12.1 Å². The van der Waals surface area contributed by atoms with Crippen molar-refractivity contribution >= 4 is 23.9 Å². The van der Waals surface area contributed by atoms with Crippen molar-refractivity contribution < 1.29 is 33.8 Å². The van der Waals surface area contributed by atoms with Crippen LogP contribution in [0, 0.1) is 6.92 Å². The van der Waals surface area contributed by atoms with Crippen molar-refractivity contribution in [1.29, 1.82) is 0 Å². The summed E-state index contributed by atoms with van der Waals surface area (Å²) in [4.78, 5) is 55.0. The third-order valence-corrected chi connectivity index (χ3v) is 7.29. The van der Waals surface area contributed by atoms with E-state index in [1.54, 1.807) is 39.8 Å². The number of aryl methyl sites for hydroxylation is 1. The molecule has 0 spiro atoms. The number of nitrogens with one attached hydrogen (secondary N) is 2. The minimum atomic E-state index is -1.07. The Morgan fingerprint density at radius 2 is 1.52 bits per heavy atom. The predicted octanol–water partition coefficient (Wildman–Crippen LogP) is 6.14. The molecule has 0 aliphatic rings. The van der Waals surface area contributed by atoms with Crippen LogP contribution in [0.3, 0.4) is 0 Å². The van der Waals surface area contributed by atoms with E-state index in [-0.39, 0.29) is 38.3 Å². The molecule has 0 saturated carbocycles. The van der Waals surface area contributed by atoms with Crippen LogP contribution in [0.2, 0.25) is 0 Å². The van der Waals surface area contributed by atoms with Gasteiger partial charge in [-0.15, -0.1) is 0 Å². The predicted molar refractivity (Wildman–Crippen MR) is 178 cm³/mol. The zero-order valence-corrected chi connectivity index (χ0v) is 28.4. The minimum Gasteiger partial charge on any atom is -0.508 e. The van der Waals surface area contributed by atoms with E-state index < -0.39 is 41.6 Å². The molecule has 2 aromatic rings. The molecule has 2 unspecified atom stereocenters. The number of phenolic OH excluding ortho intramolecular Hbond substituents is 1. The van der Waals surface area contributed by atoms with Crippen LogP contribution >= 0.6 is 0 Å². The lowest BCUT2D eigenvalue weighted by Crippen LogP contribution is -2.54. The smallest absolute Gasteiger partial charge is 0.408 e. The Hall–Kier alpha value is -4.08. The molecular formula is C36H53N3O7. The fourth-order valence-electron chi connectivity index (χ4n) is 4.99. The van der Waals surface area contributed by atoms with Gasteiger partial charge in [-0.3, -0.25) is 14.4 Å². The molecule has 2 atom stereocenters. The van der Waals surface area contributed by atoms with E-state index in [1.807, 2.05) is 31.2 Å². The molecule has 254 valence electrons. The van der Waals surface area contributed by atoms with Crippen LogP contribution in [0.5, 0.6) is 5.75 Å². The molecule has 0 bridgehead atoms. The summed E-state index contributed by atoms with van der Waals surface area (Å²) in [6.45, 7) is 11.6. The fraction of sp³-hybridized carbons (Fsp3) is 0.556. The summed E-state index contributed by atoms with van der Waals surface area (Å²) >= 11 is 0. The number of benzene rings is 2. The topological polar surface area (TPSA) is 134 Å².